The van der Waals surface area contributed by atoms with Gasteiger partial charge in [0.1, 0.15) is 5.82 Å². The zero-order valence-electron chi connectivity index (χ0n) is 9.75. The number of benzene rings is 2. The van der Waals surface area contributed by atoms with Crippen LogP contribution in [-0.4, -0.2) is 7.05 Å². The highest BCUT2D eigenvalue weighted by molar-refractivity contribution is 6.30. The number of rotatable bonds is 3. The molecular formula is C14H12Cl2FN. The van der Waals surface area contributed by atoms with E-state index in [0.717, 1.165) is 5.56 Å². The Morgan fingerprint density at radius 2 is 1.61 bits per heavy atom. The van der Waals surface area contributed by atoms with Crippen molar-refractivity contribution in [3.05, 3.63) is 69.5 Å². The third kappa shape index (κ3) is 2.83. The zero-order valence-corrected chi connectivity index (χ0v) is 11.3. The summed E-state index contributed by atoms with van der Waals surface area (Å²) in [6.07, 6.45) is 0. The van der Waals surface area contributed by atoms with Gasteiger partial charge in [-0.2, -0.15) is 0 Å². The predicted molar refractivity (Wildman–Crippen MR) is 73.8 cm³/mol. The number of hydrogen-bond acceptors (Lipinski definition) is 1. The maximum atomic E-state index is 13.8. The van der Waals surface area contributed by atoms with Crippen molar-refractivity contribution in [3.8, 4) is 0 Å². The van der Waals surface area contributed by atoms with Gasteiger partial charge in [0.2, 0.25) is 0 Å². The Labute approximate surface area is 116 Å². The van der Waals surface area contributed by atoms with Gasteiger partial charge in [0, 0.05) is 15.6 Å². The summed E-state index contributed by atoms with van der Waals surface area (Å²) < 4.78 is 13.8. The fourth-order valence-electron chi connectivity index (χ4n) is 1.89. The van der Waals surface area contributed by atoms with Gasteiger partial charge >= 0.3 is 0 Å². The fourth-order valence-corrected chi connectivity index (χ4v) is 2.20. The summed E-state index contributed by atoms with van der Waals surface area (Å²) in [4.78, 5) is 0. The van der Waals surface area contributed by atoms with Gasteiger partial charge in [-0.1, -0.05) is 35.3 Å². The van der Waals surface area contributed by atoms with E-state index in [1.165, 1.54) is 12.1 Å². The molecule has 94 valence electrons. The Bertz CT molecular complexity index is 540. The van der Waals surface area contributed by atoms with E-state index < -0.39 is 0 Å². The third-order valence-corrected chi connectivity index (χ3v) is 3.25. The first kappa shape index (κ1) is 13.3. The van der Waals surface area contributed by atoms with Crippen LogP contribution in [-0.2, 0) is 0 Å². The highest BCUT2D eigenvalue weighted by Gasteiger charge is 2.16. The van der Waals surface area contributed by atoms with Crippen LogP contribution in [0.25, 0.3) is 0 Å². The topological polar surface area (TPSA) is 12.0 Å². The van der Waals surface area contributed by atoms with Crippen molar-refractivity contribution >= 4 is 23.2 Å². The molecule has 1 atom stereocenters. The summed E-state index contributed by atoms with van der Waals surface area (Å²) in [6, 6.07) is 11.6. The second kappa shape index (κ2) is 5.70. The van der Waals surface area contributed by atoms with Gasteiger partial charge in [0.25, 0.3) is 0 Å². The van der Waals surface area contributed by atoms with Gasteiger partial charge in [0.05, 0.1) is 6.04 Å². The molecule has 0 bridgehead atoms. The van der Waals surface area contributed by atoms with Crippen LogP contribution in [0.3, 0.4) is 0 Å². The van der Waals surface area contributed by atoms with Crippen molar-refractivity contribution in [3.63, 3.8) is 0 Å². The molecule has 0 heterocycles. The minimum atomic E-state index is -0.284. The first-order valence-electron chi connectivity index (χ1n) is 5.49. The highest BCUT2D eigenvalue weighted by Crippen LogP contribution is 2.27. The molecule has 1 nitrogen and oxygen atoms in total. The number of halogens is 3. The lowest BCUT2D eigenvalue weighted by atomic mass is 9.98. The maximum Gasteiger partial charge on any atom is 0.128 e. The molecule has 0 aliphatic carbocycles. The fraction of sp³-hybridized carbons (Fsp3) is 0.143. The lowest BCUT2D eigenvalue weighted by Crippen LogP contribution is -2.18. The third-order valence-electron chi connectivity index (χ3n) is 2.76. The zero-order chi connectivity index (χ0) is 13.1. The quantitative estimate of drug-likeness (QED) is 0.878. The van der Waals surface area contributed by atoms with Crippen molar-refractivity contribution in [2.75, 3.05) is 7.05 Å². The van der Waals surface area contributed by atoms with Crippen LogP contribution >= 0.6 is 23.2 Å². The minimum absolute atomic E-state index is 0.249. The molecule has 4 heteroatoms. The predicted octanol–water partition coefficient (Wildman–Crippen LogP) is 4.44. The van der Waals surface area contributed by atoms with E-state index >= 15 is 0 Å². The lowest BCUT2D eigenvalue weighted by molar-refractivity contribution is 0.576. The average molecular weight is 284 g/mol. The molecular weight excluding hydrogens is 272 g/mol. The molecule has 1 N–H and O–H groups in total. The van der Waals surface area contributed by atoms with E-state index in [-0.39, 0.29) is 11.9 Å². The standard InChI is InChI=1S/C14H12Cl2FN/c1-18-14(9-2-4-10(15)5-3-9)12-8-11(16)6-7-13(12)17/h2-8,14,18H,1H3. The Hall–Kier alpha value is -1.09. The van der Waals surface area contributed by atoms with Crippen molar-refractivity contribution < 1.29 is 4.39 Å². The van der Waals surface area contributed by atoms with Crippen LogP contribution in [0.5, 0.6) is 0 Å². The van der Waals surface area contributed by atoms with Gasteiger partial charge in [-0.15, -0.1) is 0 Å². The molecule has 0 spiro atoms. The molecule has 0 aromatic heterocycles. The van der Waals surface area contributed by atoms with E-state index in [2.05, 4.69) is 5.32 Å². The highest BCUT2D eigenvalue weighted by atomic mass is 35.5. The van der Waals surface area contributed by atoms with E-state index in [1.807, 2.05) is 12.1 Å². The molecule has 2 aromatic carbocycles. The normalized spacial score (nSPS) is 12.4. The van der Waals surface area contributed by atoms with Crippen molar-refractivity contribution in [1.82, 2.24) is 5.32 Å². The van der Waals surface area contributed by atoms with Gasteiger partial charge in [-0.25, -0.2) is 4.39 Å². The molecule has 0 saturated carbocycles. The maximum absolute atomic E-state index is 13.8. The van der Waals surface area contributed by atoms with Gasteiger partial charge in [0.15, 0.2) is 0 Å². The molecule has 0 amide bonds. The largest absolute Gasteiger partial charge is 0.309 e. The molecule has 2 rings (SSSR count). The van der Waals surface area contributed by atoms with Gasteiger partial charge in [-0.3, -0.25) is 0 Å². The van der Waals surface area contributed by atoms with Crippen LogP contribution in [0.4, 0.5) is 4.39 Å². The first-order valence-corrected chi connectivity index (χ1v) is 6.25. The molecule has 0 aliphatic heterocycles. The molecule has 1 unspecified atom stereocenters. The van der Waals surface area contributed by atoms with Crippen molar-refractivity contribution in [2.45, 2.75) is 6.04 Å². The molecule has 18 heavy (non-hydrogen) atoms. The first-order chi connectivity index (χ1) is 8.61. The number of hydrogen-bond donors (Lipinski definition) is 1. The van der Waals surface area contributed by atoms with Crippen molar-refractivity contribution in [2.24, 2.45) is 0 Å². The second-order valence-corrected chi connectivity index (χ2v) is 4.81. The average Bonchev–Trinajstić information content (AvgIpc) is 2.37. The van der Waals surface area contributed by atoms with Gasteiger partial charge < -0.3 is 5.32 Å². The second-order valence-electron chi connectivity index (χ2n) is 3.94. The molecule has 2 aromatic rings. The number of nitrogens with one attached hydrogen (secondary N) is 1. The van der Waals surface area contributed by atoms with E-state index in [1.54, 1.807) is 25.2 Å². The summed E-state index contributed by atoms with van der Waals surface area (Å²) in [5.41, 5.74) is 1.45. The van der Waals surface area contributed by atoms with Gasteiger partial charge in [-0.05, 0) is 42.9 Å². The summed E-state index contributed by atoms with van der Waals surface area (Å²) in [7, 11) is 1.78. The Balaban J connectivity index is 2.44. The van der Waals surface area contributed by atoms with E-state index in [4.69, 9.17) is 23.2 Å². The molecule has 0 aliphatic rings. The SMILES string of the molecule is CNC(c1ccc(Cl)cc1)c1cc(Cl)ccc1F. The van der Waals surface area contributed by atoms with Crippen LogP contribution < -0.4 is 5.32 Å². The molecule has 0 radical (unpaired) electrons. The van der Waals surface area contributed by atoms with E-state index in [0.29, 0.717) is 15.6 Å². The summed E-state index contributed by atoms with van der Waals surface area (Å²) in [5.74, 6) is -0.284. The van der Waals surface area contributed by atoms with Crippen LogP contribution in [0, 0.1) is 5.82 Å². The Morgan fingerprint density at radius 3 is 2.22 bits per heavy atom. The van der Waals surface area contributed by atoms with Crippen molar-refractivity contribution in [1.29, 1.82) is 0 Å². The monoisotopic (exact) mass is 283 g/mol. The minimum Gasteiger partial charge on any atom is -0.309 e. The Morgan fingerprint density at radius 1 is 1.00 bits per heavy atom. The van der Waals surface area contributed by atoms with E-state index in [9.17, 15) is 4.39 Å². The van der Waals surface area contributed by atoms with Crippen LogP contribution in [0.1, 0.15) is 17.2 Å². The molecule has 0 saturated heterocycles. The Kier molecular flexibility index (Phi) is 4.23. The van der Waals surface area contributed by atoms with Crippen LogP contribution in [0.2, 0.25) is 10.0 Å². The summed E-state index contributed by atoms with van der Waals surface area (Å²) >= 11 is 11.8. The summed E-state index contributed by atoms with van der Waals surface area (Å²) in [5, 5.41) is 4.25. The smallest absolute Gasteiger partial charge is 0.128 e. The molecule has 0 fully saturated rings. The lowest BCUT2D eigenvalue weighted by Gasteiger charge is -2.18. The van der Waals surface area contributed by atoms with Crippen LogP contribution in [0.15, 0.2) is 42.5 Å². The summed E-state index contributed by atoms with van der Waals surface area (Å²) in [6.45, 7) is 0.